The van der Waals surface area contributed by atoms with E-state index in [1.54, 1.807) is 0 Å². The van der Waals surface area contributed by atoms with E-state index in [9.17, 15) is 31.1 Å². The topological polar surface area (TPSA) is 46.5 Å². The van der Waals surface area contributed by atoms with Crippen molar-refractivity contribution in [3.05, 3.63) is 29.3 Å². The minimum atomic E-state index is -4.77. The van der Waals surface area contributed by atoms with Crippen molar-refractivity contribution < 1.29 is 41.0 Å². The molecule has 0 unspecified atom stereocenters. The zero-order valence-corrected chi connectivity index (χ0v) is 9.68. The van der Waals surface area contributed by atoms with Gasteiger partial charge in [0.1, 0.15) is 5.75 Å². The number of ether oxygens (including phenoxy) is 1. The fraction of sp³-hybridized carbons (Fsp3) is 0.364. The molecule has 112 valence electrons. The van der Waals surface area contributed by atoms with Gasteiger partial charge in [0.15, 0.2) is 6.61 Å². The molecule has 0 atom stereocenters. The Bertz CT molecular complexity index is 492. The Hall–Kier alpha value is -1.93. The van der Waals surface area contributed by atoms with Gasteiger partial charge in [-0.15, -0.1) is 0 Å². The minimum Gasteiger partial charge on any atom is -0.484 e. The fourth-order valence-electron chi connectivity index (χ4n) is 1.33. The summed E-state index contributed by atoms with van der Waals surface area (Å²) in [5.74, 6) is -2.15. The van der Waals surface area contributed by atoms with Crippen molar-refractivity contribution in [1.82, 2.24) is 0 Å². The van der Waals surface area contributed by atoms with Crippen LogP contribution in [0.3, 0.4) is 0 Å². The summed E-state index contributed by atoms with van der Waals surface area (Å²) in [6.45, 7) is -1.80. The highest BCUT2D eigenvalue weighted by atomic mass is 19.4. The van der Waals surface area contributed by atoms with E-state index in [4.69, 9.17) is 5.11 Å². The molecule has 0 saturated heterocycles. The van der Waals surface area contributed by atoms with E-state index in [1.165, 1.54) is 0 Å². The first-order chi connectivity index (χ1) is 8.99. The molecule has 0 aliphatic heterocycles. The second-order valence-electron chi connectivity index (χ2n) is 3.79. The van der Waals surface area contributed by atoms with Crippen molar-refractivity contribution in [2.75, 3.05) is 6.61 Å². The zero-order valence-electron chi connectivity index (χ0n) is 9.68. The molecule has 0 amide bonds. The molecular weight excluding hydrogens is 294 g/mol. The molecule has 0 spiro atoms. The number of hydrogen-bond acceptors (Lipinski definition) is 2. The molecular formula is C11H8F6O3. The first kappa shape index (κ1) is 16.1. The van der Waals surface area contributed by atoms with Crippen molar-refractivity contribution in [2.24, 2.45) is 0 Å². The first-order valence-electron chi connectivity index (χ1n) is 5.10. The summed E-state index contributed by atoms with van der Waals surface area (Å²) in [5, 5.41) is 8.55. The van der Waals surface area contributed by atoms with Gasteiger partial charge in [-0.1, -0.05) is 6.07 Å². The van der Waals surface area contributed by atoms with Gasteiger partial charge in [0.25, 0.3) is 0 Å². The molecule has 0 saturated carbocycles. The summed E-state index contributed by atoms with van der Waals surface area (Å²) >= 11 is 0. The summed E-state index contributed by atoms with van der Waals surface area (Å²) in [6.07, 6.45) is -10.3. The van der Waals surface area contributed by atoms with E-state index in [-0.39, 0.29) is 5.56 Å². The second kappa shape index (κ2) is 5.59. The molecule has 1 aromatic rings. The zero-order chi connectivity index (χ0) is 15.6. The van der Waals surface area contributed by atoms with Crippen LogP contribution in [0.25, 0.3) is 0 Å². The molecule has 0 aliphatic carbocycles. The minimum absolute atomic E-state index is 0.269. The molecule has 0 aliphatic rings. The predicted molar refractivity (Wildman–Crippen MR) is 54.3 cm³/mol. The van der Waals surface area contributed by atoms with Crippen LogP contribution in [0.1, 0.15) is 11.1 Å². The van der Waals surface area contributed by atoms with Crippen LogP contribution in [0.15, 0.2) is 18.2 Å². The SMILES string of the molecule is O=C(O)Cc1ccc(C(F)(F)F)cc1OCC(F)(F)F. The smallest absolute Gasteiger partial charge is 0.422 e. The number of rotatable bonds is 4. The molecule has 0 aromatic heterocycles. The first-order valence-corrected chi connectivity index (χ1v) is 5.10. The van der Waals surface area contributed by atoms with Gasteiger partial charge < -0.3 is 9.84 Å². The van der Waals surface area contributed by atoms with Crippen LogP contribution in [0.4, 0.5) is 26.3 Å². The Kier molecular flexibility index (Phi) is 4.51. The van der Waals surface area contributed by atoms with Crippen molar-refractivity contribution >= 4 is 5.97 Å². The van der Waals surface area contributed by atoms with Crippen LogP contribution in [0.5, 0.6) is 5.75 Å². The number of carboxylic acid groups (broad SMARTS) is 1. The normalized spacial score (nSPS) is 12.3. The molecule has 0 bridgehead atoms. The Morgan fingerprint density at radius 1 is 1.15 bits per heavy atom. The number of hydrogen-bond donors (Lipinski definition) is 1. The van der Waals surface area contributed by atoms with Crippen LogP contribution in [-0.2, 0) is 17.4 Å². The maximum absolute atomic E-state index is 12.4. The Labute approximate surface area is 108 Å². The number of aliphatic carboxylic acids is 1. The maximum Gasteiger partial charge on any atom is 0.422 e. The Morgan fingerprint density at radius 2 is 1.75 bits per heavy atom. The lowest BCUT2D eigenvalue weighted by Gasteiger charge is -2.15. The largest absolute Gasteiger partial charge is 0.484 e. The Balaban J connectivity index is 3.09. The number of alkyl halides is 6. The highest BCUT2D eigenvalue weighted by Crippen LogP contribution is 2.33. The molecule has 3 nitrogen and oxygen atoms in total. The lowest BCUT2D eigenvalue weighted by atomic mass is 10.1. The summed E-state index contributed by atoms with van der Waals surface area (Å²) < 4.78 is 77.6. The second-order valence-corrected chi connectivity index (χ2v) is 3.79. The van der Waals surface area contributed by atoms with Gasteiger partial charge >= 0.3 is 18.3 Å². The van der Waals surface area contributed by atoms with Gasteiger partial charge in [-0.05, 0) is 12.1 Å². The summed E-state index contributed by atoms with van der Waals surface area (Å²) in [7, 11) is 0. The number of halogens is 6. The van der Waals surface area contributed by atoms with Crippen LogP contribution in [0, 0.1) is 0 Å². The Morgan fingerprint density at radius 3 is 2.20 bits per heavy atom. The van der Waals surface area contributed by atoms with E-state index >= 15 is 0 Å². The van der Waals surface area contributed by atoms with E-state index < -0.39 is 42.7 Å². The van der Waals surface area contributed by atoms with E-state index in [0.29, 0.717) is 12.1 Å². The summed E-state index contributed by atoms with van der Waals surface area (Å²) in [5.41, 5.74) is -1.49. The van der Waals surface area contributed by atoms with E-state index in [2.05, 4.69) is 4.74 Å². The van der Waals surface area contributed by atoms with Crippen LogP contribution in [0.2, 0.25) is 0 Å². The van der Waals surface area contributed by atoms with Crippen LogP contribution < -0.4 is 4.74 Å². The third kappa shape index (κ3) is 4.98. The highest BCUT2D eigenvalue weighted by molar-refractivity contribution is 5.71. The van der Waals surface area contributed by atoms with E-state index in [0.717, 1.165) is 6.07 Å². The quantitative estimate of drug-likeness (QED) is 0.868. The van der Waals surface area contributed by atoms with Crippen molar-refractivity contribution in [1.29, 1.82) is 0 Å². The maximum atomic E-state index is 12.4. The average Bonchev–Trinajstić information content (AvgIpc) is 2.24. The van der Waals surface area contributed by atoms with Gasteiger partial charge in [0.2, 0.25) is 0 Å². The summed E-state index contributed by atoms with van der Waals surface area (Å²) in [4.78, 5) is 10.5. The third-order valence-electron chi connectivity index (χ3n) is 2.13. The van der Waals surface area contributed by atoms with Gasteiger partial charge in [-0.25, -0.2) is 0 Å². The van der Waals surface area contributed by atoms with Gasteiger partial charge in [-0.2, -0.15) is 26.3 Å². The molecule has 1 N–H and O–H groups in total. The lowest BCUT2D eigenvalue weighted by molar-refractivity contribution is -0.153. The molecule has 0 heterocycles. The van der Waals surface area contributed by atoms with Crippen molar-refractivity contribution in [3.8, 4) is 5.75 Å². The summed E-state index contributed by atoms with van der Waals surface area (Å²) in [6, 6.07) is 1.71. The predicted octanol–water partition coefficient (Wildman–Crippen LogP) is 3.27. The van der Waals surface area contributed by atoms with Gasteiger partial charge in [0, 0.05) is 5.56 Å². The molecule has 1 rings (SSSR count). The monoisotopic (exact) mass is 302 g/mol. The molecule has 1 aromatic carbocycles. The van der Waals surface area contributed by atoms with Crippen LogP contribution in [-0.4, -0.2) is 23.9 Å². The molecule has 20 heavy (non-hydrogen) atoms. The molecule has 0 fully saturated rings. The number of carbonyl (C=O) groups is 1. The molecule has 9 heteroatoms. The van der Waals surface area contributed by atoms with Crippen molar-refractivity contribution in [3.63, 3.8) is 0 Å². The van der Waals surface area contributed by atoms with Crippen LogP contribution >= 0.6 is 0 Å². The van der Waals surface area contributed by atoms with Gasteiger partial charge in [-0.3, -0.25) is 4.79 Å². The third-order valence-corrected chi connectivity index (χ3v) is 2.13. The van der Waals surface area contributed by atoms with E-state index in [1.807, 2.05) is 0 Å². The lowest BCUT2D eigenvalue weighted by Crippen LogP contribution is -2.20. The highest BCUT2D eigenvalue weighted by Gasteiger charge is 2.33. The fourth-order valence-corrected chi connectivity index (χ4v) is 1.33. The molecule has 0 radical (unpaired) electrons. The standard InChI is InChI=1S/C11H8F6O3/c12-10(13,14)5-20-8-4-7(11(15,16)17)2-1-6(8)3-9(18)19/h1-2,4H,3,5H2,(H,18,19). The van der Waals surface area contributed by atoms with Gasteiger partial charge in [0.05, 0.1) is 12.0 Å². The number of benzene rings is 1. The van der Waals surface area contributed by atoms with Crippen molar-refractivity contribution in [2.45, 2.75) is 18.8 Å². The number of carboxylic acids is 1. The average molecular weight is 302 g/mol.